The summed E-state index contributed by atoms with van der Waals surface area (Å²) >= 11 is 0. The van der Waals surface area contributed by atoms with E-state index in [9.17, 15) is 0 Å². The zero-order valence-electron chi connectivity index (χ0n) is 12.3. The zero-order chi connectivity index (χ0) is 13.7. The lowest BCUT2D eigenvalue weighted by atomic mass is 10.1. The van der Waals surface area contributed by atoms with Gasteiger partial charge in [0.05, 0.1) is 11.9 Å². The first kappa shape index (κ1) is 14.2. The molecule has 2 heterocycles. The summed E-state index contributed by atoms with van der Waals surface area (Å²) in [5.41, 5.74) is 1.02. The van der Waals surface area contributed by atoms with Crippen molar-refractivity contribution in [1.29, 1.82) is 0 Å². The minimum atomic E-state index is 0.618. The Hall–Kier alpha value is -1.20. The summed E-state index contributed by atoms with van der Waals surface area (Å²) in [6, 6.07) is 0.618. The van der Waals surface area contributed by atoms with Crippen molar-refractivity contribution in [1.82, 2.24) is 20.2 Å². The van der Waals surface area contributed by atoms with Gasteiger partial charge in [0.25, 0.3) is 0 Å². The predicted octanol–water partition coefficient (Wildman–Crippen LogP) is 1.12. The molecule has 0 amide bonds. The van der Waals surface area contributed by atoms with Gasteiger partial charge < -0.3 is 15.1 Å². The van der Waals surface area contributed by atoms with Gasteiger partial charge in [-0.25, -0.2) is 4.98 Å². The fourth-order valence-electron chi connectivity index (χ4n) is 2.47. The van der Waals surface area contributed by atoms with Crippen LogP contribution >= 0.6 is 0 Å². The lowest BCUT2D eigenvalue weighted by Crippen LogP contribution is -2.45. The maximum atomic E-state index is 4.71. The number of rotatable bonds is 5. The summed E-state index contributed by atoms with van der Waals surface area (Å²) in [4.78, 5) is 13.7. The van der Waals surface area contributed by atoms with Gasteiger partial charge in [-0.05, 0) is 33.5 Å². The first-order valence-corrected chi connectivity index (χ1v) is 7.13. The molecule has 1 aromatic rings. The van der Waals surface area contributed by atoms with Gasteiger partial charge in [-0.1, -0.05) is 6.92 Å². The van der Waals surface area contributed by atoms with Gasteiger partial charge in [0, 0.05) is 31.9 Å². The van der Waals surface area contributed by atoms with Crippen LogP contribution in [0.25, 0.3) is 0 Å². The molecule has 5 nitrogen and oxygen atoms in total. The molecule has 1 saturated heterocycles. The number of piperidine rings is 1. The average molecular weight is 263 g/mol. The molecule has 1 aromatic heterocycles. The van der Waals surface area contributed by atoms with E-state index >= 15 is 0 Å². The Kier molecular flexibility index (Phi) is 5.10. The SMILES string of the molecule is CCNCc1cncc(N2CCCC(N(C)C)C2)n1. The van der Waals surface area contributed by atoms with E-state index in [1.165, 1.54) is 12.8 Å². The highest BCUT2D eigenvalue weighted by molar-refractivity contribution is 5.37. The Bertz CT molecular complexity index is 393. The molecule has 0 spiro atoms. The highest BCUT2D eigenvalue weighted by Crippen LogP contribution is 2.19. The number of hydrogen-bond acceptors (Lipinski definition) is 5. The molecule has 0 saturated carbocycles. The lowest BCUT2D eigenvalue weighted by molar-refractivity contribution is 0.257. The Morgan fingerprint density at radius 2 is 2.26 bits per heavy atom. The maximum Gasteiger partial charge on any atom is 0.147 e. The van der Waals surface area contributed by atoms with Gasteiger partial charge in [0.2, 0.25) is 0 Å². The van der Waals surface area contributed by atoms with Crippen LogP contribution in [0.4, 0.5) is 5.82 Å². The molecule has 1 unspecified atom stereocenters. The average Bonchev–Trinajstić information content (AvgIpc) is 2.45. The van der Waals surface area contributed by atoms with Crippen LogP contribution in [-0.2, 0) is 6.54 Å². The summed E-state index contributed by atoms with van der Waals surface area (Å²) in [5, 5.41) is 3.29. The summed E-state index contributed by atoms with van der Waals surface area (Å²) in [7, 11) is 4.31. The van der Waals surface area contributed by atoms with E-state index in [1.54, 1.807) is 0 Å². The number of likely N-dealkylation sites (N-methyl/N-ethyl adjacent to an activating group) is 1. The molecule has 1 aliphatic heterocycles. The van der Waals surface area contributed by atoms with Crippen molar-refractivity contribution >= 4 is 5.82 Å². The van der Waals surface area contributed by atoms with E-state index in [2.05, 4.69) is 41.1 Å². The summed E-state index contributed by atoms with van der Waals surface area (Å²) in [6.45, 7) is 5.99. The molecule has 19 heavy (non-hydrogen) atoms. The van der Waals surface area contributed by atoms with Crippen molar-refractivity contribution in [2.24, 2.45) is 0 Å². The smallest absolute Gasteiger partial charge is 0.147 e. The quantitative estimate of drug-likeness (QED) is 0.862. The van der Waals surface area contributed by atoms with Gasteiger partial charge in [-0.2, -0.15) is 0 Å². The molecular formula is C14H25N5. The van der Waals surface area contributed by atoms with Gasteiger partial charge in [-0.15, -0.1) is 0 Å². The van der Waals surface area contributed by atoms with Crippen molar-refractivity contribution in [3.63, 3.8) is 0 Å². The number of nitrogens with zero attached hydrogens (tertiary/aromatic N) is 4. The molecule has 0 bridgehead atoms. The highest BCUT2D eigenvalue weighted by Gasteiger charge is 2.22. The van der Waals surface area contributed by atoms with Crippen molar-refractivity contribution in [2.75, 3.05) is 38.6 Å². The third-order valence-corrected chi connectivity index (χ3v) is 3.68. The monoisotopic (exact) mass is 263 g/mol. The van der Waals surface area contributed by atoms with Crippen molar-refractivity contribution in [3.05, 3.63) is 18.1 Å². The summed E-state index contributed by atoms with van der Waals surface area (Å²) < 4.78 is 0. The van der Waals surface area contributed by atoms with Crippen molar-refractivity contribution < 1.29 is 0 Å². The molecular weight excluding hydrogens is 238 g/mol. The Labute approximate surface area is 116 Å². The Morgan fingerprint density at radius 3 is 3.00 bits per heavy atom. The lowest BCUT2D eigenvalue weighted by Gasteiger charge is -2.36. The minimum absolute atomic E-state index is 0.618. The van der Waals surface area contributed by atoms with Crippen LogP contribution in [0.15, 0.2) is 12.4 Å². The van der Waals surface area contributed by atoms with Crippen LogP contribution in [0.1, 0.15) is 25.5 Å². The van der Waals surface area contributed by atoms with E-state index in [-0.39, 0.29) is 0 Å². The molecule has 1 atom stereocenters. The Morgan fingerprint density at radius 1 is 1.42 bits per heavy atom. The van der Waals surface area contributed by atoms with Crippen LogP contribution in [-0.4, -0.2) is 54.6 Å². The maximum absolute atomic E-state index is 4.71. The first-order chi connectivity index (χ1) is 9.20. The molecule has 106 valence electrons. The second-order valence-corrected chi connectivity index (χ2v) is 5.35. The molecule has 0 aliphatic carbocycles. The van der Waals surface area contributed by atoms with Gasteiger partial charge in [0.15, 0.2) is 0 Å². The van der Waals surface area contributed by atoms with Crippen LogP contribution in [0.5, 0.6) is 0 Å². The minimum Gasteiger partial charge on any atom is -0.354 e. The van der Waals surface area contributed by atoms with Crippen LogP contribution in [0.3, 0.4) is 0 Å². The third-order valence-electron chi connectivity index (χ3n) is 3.68. The molecule has 0 aromatic carbocycles. The van der Waals surface area contributed by atoms with Gasteiger partial charge >= 0.3 is 0 Å². The summed E-state index contributed by atoms with van der Waals surface area (Å²) in [6.07, 6.45) is 6.23. The van der Waals surface area contributed by atoms with E-state index < -0.39 is 0 Å². The third kappa shape index (κ3) is 3.88. The van der Waals surface area contributed by atoms with Crippen LogP contribution < -0.4 is 10.2 Å². The Balaban J connectivity index is 2.04. The normalized spacial score (nSPS) is 20.0. The fraction of sp³-hybridized carbons (Fsp3) is 0.714. The standard InChI is InChI=1S/C14H25N5/c1-4-15-8-12-9-16-10-14(17-12)19-7-5-6-13(11-19)18(2)3/h9-10,13,15H,4-8,11H2,1-3H3. The molecule has 5 heteroatoms. The second kappa shape index (κ2) is 6.82. The fourth-order valence-corrected chi connectivity index (χ4v) is 2.47. The topological polar surface area (TPSA) is 44.3 Å². The van der Waals surface area contributed by atoms with Gasteiger partial charge in [-0.3, -0.25) is 4.98 Å². The molecule has 1 fully saturated rings. The number of hydrogen-bond donors (Lipinski definition) is 1. The molecule has 1 N–H and O–H groups in total. The van der Waals surface area contributed by atoms with Crippen LogP contribution in [0.2, 0.25) is 0 Å². The molecule has 0 radical (unpaired) electrons. The van der Waals surface area contributed by atoms with E-state index in [4.69, 9.17) is 4.98 Å². The van der Waals surface area contributed by atoms with E-state index in [1.807, 2.05) is 12.4 Å². The van der Waals surface area contributed by atoms with Crippen molar-refractivity contribution in [3.8, 4) is 0 Å². The zero-order valence-corrected chi connectivity index (χ0v) is 12.3. The molecule has 2 rings (SSSR count). The van der Waals surface area contributed by atoms with Crippen molar-refractivity contribution in [2.45, 2.75) is 32.4 Å². The van der Waals surface area contributed by atoms with Crippen LogP contribution in [0, 0.1) is 0 Å². The largest absolute Gasteiger partial charge is 0.354 e. The highest BCUT2D eigenvalue weighted by atomic mass is 15.2. The second-order valence-electron chi connectivity index (χ2n) is 5.35. The van der Waals surface area contributed by atoms with E-state index in [0.29, 0.717) is 6.04 Å². The molecule has 1 aliphatic rings. The predicted molar refractivity (Wildman–Crippen MR) is 78.3 cm³/mol. The first-order valence-electron chi connectivity index (χ1n) is 7.13. The number of anilines is 1. The number of aromatic nitrogens is 2. The summed E-state index contributed by atoms with van der Waals surface area (Å²) in [5.74, 6) is 1.02. The van der Waals surface area contributed by atoms with Gasteiger partial charge in [0.1, 0.15) is 5.82 Å². The van der Waals surface area contributed by atoms with E-state index in [0.717, 1.165) is 37.7 Å². The number of nitrogens with one attached hydrogen (secondary N) is 1.